The van der Waals surface area contributed by atoms with Gasteiger partial charge in [0.25, 0.3) is 0 Å². The molecule has 1 aliphatic heterocycles. The van der Waals surface area contributed by atoms with Crippen LogP contribution in [0.4, 0.5) is 0 Å². The van der Waals surface area contributed by atoms with Crippen molar-refractivity contribution in [3.63, 3.8) is 0 Å². The topological polar surface area (TPSA) is 123 Å². The van der Waals surface area contributed by atoms with E-state index in [4.69, 9.17) is 12.3 Å². The van der Waals surface area contributed by atoms with Crippen molar-refractivity contribution in [1.29, 1.82) is 0 Å². The maximum atomic E-state index is 15.2. The van der Waals surface area contributed by atoms with Gasteiger partial charge in [0.15, 0.2) is 21.4 Å². The van der Waals surface area contributed by atoms with Crippen LogP contribution in [-0.4, -0.2) is 65.4 Å². The van der Waals surface area contributed by atoms with E-state index in [2.05, 4.69) is 0 Å². The van der Waals surface area contributed by atoms with Crippen LogP contribution in [0.5, 0.6) is 0 Å². The number of fused-ring (bicyclic) bond motifs is 1. The number of Topliss-reactive ketones (excluding diaryl/α,β-unsaturated/α-hetero) is 4. The molecule has 0 radical (unpaired) electrons. The Morgan fingerprint density at radius 3 is 2.14 bits per heavy atom. The number of piperidine rings is 1. The van der Waals surface area contributed by atoms with E-state index in [1.807, 2.05) is 20.8 Å². The number of carbonyl (C=O) groups excluding carboxylic acids is 5. The van der Waals surface area contributed by atoms with E-state index in [9.17, 15) is 27.6 Å². The number of hydrogen-bond acceptors (Lipinski definition) is 7. The second-order valence-corrected chi connectivity index (χ2v) is 20.3. The van der Waals surface area contributed by atoms with Gasteiger partial charge in [-0.1, -0.05) is 73.4 Å². The molecule has 0 unspecified atom stereocenters. The summed E-state index contributed by atoms with van der Waals surface area (Å²) in [6.45, 7) is -1.41. The van der Waals surface area contributed by atoms with Crippen LogP contribution in [0, 0.1) is 45.8 Å². The van der Waals surface area contributed by atoms with Gasteiger partial charge in [-0.05, 0) is 86.9 Å². The van der Waals surface area contributed by atoms with E-state index < -0.39 is 117 Å². The average molecular weight is 713 g/mol. The van der Waals surface area contributed by atoms with Gasteiger partial charge in [-0.3, -0.25) is 24.0 Å². The van der Waals surface area contributed by atoms with Crippen molar-refractivity contribution >= 4 is 38.9 Å². The van der Waals surface area contributed by atoms with Crippen LogP contribution in [0.1, 0.15) is 164 Å². The Bertz CT molecular complexity index is 1670. The second-order valence-electron chi connectivity index (χ2n) is 17.5. The number of carbonyl (C=O) groups is 5. The van der Waals surface area contributed by atoms with Gasteiger partial charge in [0.05, 0.1) is 16.5 Å². The molecule has 1 saturated heterocycles. The minimum Gasteiger partial charge on any atom is -0.332 e. The molecule has 0 aromatic carbocycles. The zero-order valence-electron chi connectivity index (χ0n) is 39.5. The Morgan fingerprint density at radius 1 is 0.959 bits per heavy atom. The largest absolute Gasteiger partial charge is 0.332 e. The number of rotatable bonds is 17. The molecule has 0 bridgehead atoms. The lowest BCUT2D eigenvalue weighted by Gasteiger charge is -2.40. The summed E-state index contributed by atoms with van der Waals surface area (Å²) >= 11 is 0. The molecule has 0 aromatic rings. The lowest BCUT2D eigenvalue weighted by molar-refractivity contribution is -0.148. The van der Waals surface area contributed by atoms with E-state index in [0.29, 0.717) is 38.5 Å². The molecule has 49 heavy (non-hydrogen) atoms. The first kappa shape index (κ1) is 28.7. The predicted octanol–water partition coefficient (Wildman–Crippen LogP) is 7.35. The Balaban J connectivity index is 1.80. The zero-order valence-corrected chi connectivity index (χ0v) is 31.3. The number of sulfone groups is 1. The molecule has 1 amide bonds. The van der Waals surface area contributed by atoms with Crippen LogP contribution in [0.25, 0.3) is 0 Å². The molecular weight excluding hydrogens is 639 g/mol. The summed E-state index contributed by atoms with van der Waals surface area (Å²) in [6.07, 6.45) is 3.98. The van der Waals surface area contributed by atoms with Gasteiger partial charge in [0.1, 0.15) is 5.78 Å². The maximum Gasteiger partial charge on any atom is 0.227 e. The lowest BCUT2D eigenvalue weighted by Crippen LogP contribution is -2.51. The number of ketones is 4. The van der Waals surface area contributed by atoms with Gasteiger partial charge in [-0.25, -0.2) is 8.42 Å². The molecule has 9 heteroatoms. The van der Waals surface area contributed by atoms with Crippen LogP contribution in [0.15, 0.2) is 0 Å². The first-order chi connectivity index (χ1) is 26.3. The summed E-state index contributed by atoms with van der Waals surface area (Å²) in [6, 6.07) is -1.29. The summed E-state index contributed by atoms with van der Waals surface area (Å²) in [5.41, 5.74) is -5.36. The summed E-state index contributed by atoms with van der Waals surface area (Å²) in [4.78, 5) is 71.6. The van der Waals surface area contributed by atoms with Gasteiger partial charge in [0, 0.05) is 56.4 Å². The summed E-state index contributed by atoms with van der Waals surface area (Å²) in [7, 11) is -3.80. The fourth-order valence-electron chi connectivity index (χ4n) is 8.57. The molecule has 1 heterocycles. The zero-order chi connectivity index (χ0) is 44.2. The lowest BCUT2D eigenvalue weighted by atomic mass is 9.70. The van der Waals surface area contributed by atoms with Crippen LogP contribution in [0.3, 0.4) is 0 Å². The maximum absolute atomic E-state index is 15.2. The van der Waals surface area contributed by atoms with Gasteiger partial charge in [-0.15, -0.1) is 0 Å². The van der Waals surface area contributed by atoms with Crippen LogP contribution in [-0.2, 0) is 33.8 Å². The van der Waals surface area contributed by atoms with Gasteiger partial charge < -0.3 is 4.90 Å². The van der Waals surface area contributed by atoms with Crippen molar-refractivity contribution in [2.75, 3.05) is 12.3 Å². The van der Waals surface area contributed by atoms with E-state index in [1.54, 1.807) is 20.8 Å². The summed E-state index contributed by atoms with van der Waals surface area (Å²) in [5, 5.41) is 0. The minimum atomic E-state index is -3.86. The monoisotopic (exact) mass is 713 g/mol. The fourth-order valence-corrected chi connectivity index (χ4v) is 10.2. The third-order valence-corrected chi connectivity index (χ3v) is 15.0. The molecule has 0 aromatic heterocycles. The van der Waals surface area contributed by atoms with Crippen molar-refractivity contribution in [2.24, 2.45) is 45.8 Å². The third kappa shape index (κ3) is 9.13. The Hall–Kier alpha value is -1.90. The van der Waals surface area contributed by atoms with Crippen LogP contribution < -0.4 is 0 Å². The van der Waals surface area contributed by atoms with Crippen LogP contribution in [0.2, 0.25) is 0 Å². The average Bonchev–Trinajstić information content (AvgIpc) is 3.90. The number of hydrogen-bond donors (Lipinski definition) is 0. The van der Waals surface area contributed by atoms with Crippen molar-refractivity contribution in [1.82, 2.24) is 4.90 Å². The highest BCUT2D eigenvalue weighted by Gasteiger charge is 2.69. The summed E-state index contributed by atoms with van der Waals surface area (Å²) in [5.74, 6) is -8.35. The predicted molar refractivity (Wildman–Crippen MR) is 192 cm³/mol. The molecule has 4 rings (SSSR count). The molecular formula is C40H65NO7S. The smallest absolute Gasteiger partial charge is 0.227 e. The van der Waals surface area contributed by atoms with E-state index in [1.165, 1.54) is 0 Å². The Kier molecular flexibility index (Phi) is 8.55. The molecule has 4 fully saturated rings. The SMILES string of the molecule is [2H]C([2H])([2H])C([C@H](CC(=O)CC1(CS(=O)(=O)C(C)(C)C)CCCCC1)C(=O)N1C[C@H]2[C@@H]([C@H]1C(=O)C[C@@H](CCCC)C(=O)C(=O)CC1CC1)C2(C)C)(C([2H])([2H])[2H])C([2H])([2H])[2H]. The highest BCUT2D eigenvalue weighted by atomic mass is 32.2. The first-order valence-corrected chi connectivity index (χ1v) is 20.1. The molecule has 5 atom stereocenters. The second kappa shape index (κ2) is 14.6. The Morgan fingerprint density at radius 2 is 1.59 bits per heavy atom. The van der Waals surface area contributed by atoms with Crippen molar-refractivity contribution in [2.45, 2.75) is 163 Å². The van der Waals surface area contributed by atoms with E-state index >= 15 is 4.79 Å². The first-order valence-electron chi connectivity index (χ1n) is 22.9. The molecule has 4 aliphatic rings. The quantitative estimate of drug-likeness (QED) is 0.145. The molecule has 8 nitrogen and oxygen atoms in total. The number of nitrogens with zero attached hydrogens (tertiary/aromatic N) is 1. The Labute approximate surface area is 309 Å². The number of likely N-dealkylation sites (tertiary alicyclic amines) is 1. The van der Waals surface area contributed by atoms with Gasteiger partial charge in [-0.2, -0.15) is 0 Å². The molecule has 3 aliphatic carbocycles. The van der Waals surface area contributed by atoms with Crippen molar-refractivity contribution < 1.29 is 44.7 Å². The van der Waals surface area contributed by atoms with E-state index in [-0.39, 0.29) is 43.4 Å². The molecule has 278 valence electrons. The van der Waals surface area contributed by atoms with E-state index in [0.717, 1.165) is 24.2 Å². The minimum absolute atomic E-state index is 0.0992. The normalized spacial score (nSPS) is 29.6. The van der Waals surface area contributed by atoms with Gasteiger partial charge >= 0.3 is 0 Å². The molecule has 3 saturated carbocycles. The molecule has 0 spiro atoms. The summed E-state index contributed by atoms with van der Waals surface area (Å²) < 4.78 is 103. The van der Waals surface area contributed by atoms with Crippen molar-refractivity contribution in [3.8, 4) is 0 Å². The number of amides is 1. The third-order valence-electron chi connectivity index (χ3n) is 12.2. The van der Waals surface area contributed by atoms with Crippen molar-refractivity contribution in [3.05, 3.63) is 0 Å². The highest BCUT2D eigenvalue weighted by molar-refractivity contribution is 7.92. The van der Waals surface area contributed by atoms with Gasteiger partial charge in [0.2, 0.25) is 11.7 Å². The fraction of sp³-hybridized carbons (Fsp3) is 0.875. The highest BCUT2D eigenvalue weighted by Crippen LogP contribution is 2.65. The standard InChI is InChI=1S/C40H65NO7S/c1-10-11-15-27(35(45)32(44)20-26-16-17-26)21-31(43)34-33-30(39(33,8)9)24-41(34)36(46)29(37(2,3)4)22-28(42)23-40(18-13-12-14-19-40)25-49(47,48)38(5,6)7/h26-27,29-30,33-34H,10-25H2,1-9H3/t27-,29-,30+,33+,34-/m1/s1/i2D3,3D3,4D3. The number of unbranched alkanes of at least 4 members (excludes halogenated alkanes) is 1. The van der Waals surface area contributed by atoms with Crippen LogP contribution >= 0.6 is 0 Å². The molecule has 0 N–H and O–H groups in total.